The molecule has 3 heteroatoms. The molecule has 0 amide bonds. The van der Waals surface area contributed by atoms with Gasteiger partial charge in [0, 0.05) is 43.9 Å². The molecule has 0 fully saturated rings. The van der Waals surface area contributed by atoms with E-state index >= 15 is 0 Å². The Morgan fingerprint density at radius 1 is 1.19 bits per heavy atom. The highest BCUT2D eigenvalue weighted by Crippen LogP contribution is 2.32. The van der Waals surface area contributed by atoms with Gasteiger partial charge in [0.2, 0.25) is 0 Å². The molecule has 1 heterocycles. The number of fused-ring (bicyclic) bond motifs is 1. The van der Waals surface area contributed by atoms with Crippen molar-refractivity contribution in [3.8, 4) is 0 Å². The molecule has 2 unspecified atom stereocenters. The number of furan rings is 1. The van der Waals surface area contributed by atoms with Crippen molar-refractivity contribution in [3.05, 3.63) is 53.5 Å². The van der Waals surface area contributed by atoms with Crippen molar-refractivity contribution < 1.29 is 4.42 Å². The van der Waals surface area contributed by atoms with E-state index in [2.05, 4.69) is 61.6 Å². The number of aryl methyl sites for hydroxylation is 1. The number of benzene rings is 1. The summed E-state index contributed by atoms with van der Waals surface area (Å²) in [6.07, 6.45) is 5.28. The standard InChI is InChI=1S/C18H24N2O/c1-13(14-7-9-15(10-8-14)20(2)3)19-17-5-4-6-18-16(17)11-12-21-18/h7-13,17,19H,4-6H2,1-3H3. The van der Waals surface area contributed by atoms with Crippen LogP contribution in [0.4, 0.5) is 5.69 Å². The zero-order valence-corrected chi connectivity index (χ0v) is 13.1. The van der Waals surface area contributed by atoms with Gasteiger partial charge in [-0.1, -0.05) is 12.1 Å². The summed E-state index contributed by atoms with van der Waals surface area (Å²) >= 11 is 0. The Balaban J connectivity index is 1.71. The van der Waals surface area contributed by atoms with Gasteiger partial charge >= 0.3 is 0 Å². The second-order valence-electron chi connectivity index (χ2n) is 6.12. The minimum atomic E-state index is 0.340. The molecule has 1 aliphatic carbocycles. The van der Waals surface area contributed by atoms with Crippen LogP contribution in [0.25, 0.3) is 0 Å². The lowest BCUT2D eigenvalue weighted by molar-refractivity contribution is 0.386. The van der Waals surface area contributed by atoms with Crippen LogP contribution in [0.1, 0.15) is 48.7 Å². The second kappa shape index (κ2) is 5.94. The van der Waals surface area contributed by atoms with Gasteiger partial charge in [0.25, 0.3) is 0 Å². The Morgan fingerprint density at radius 3 is 2.67 bits per heavy atom. The fourth-order valence-corrected chi connectivity index (χ4v) is 3.12. The molecule has 0 saturated carbocycles. The van der Waals surface area contributed by atoms with Gasteiger partial charge in [-0.3, -0.25) is 0 Å². The smallest absolute Gasteiger partial charge is 0.108 e. The van der Waals surface area contributed by atoms with Crippen LogP contribution in [0.5, 0.6) is 0 Å². The van der Waals surface area contributed by atoms with Crippen molar-refractivity contribution in [2.24, 2.45) is 0 Å². The first kappa shape index (κ1) is 14.2. The average molecular weight is 284 g/mol. The summed E-state index contributed by atoms with van der Waals surface area (Å²) in [5, 5.41) is 3.75. The molecule has 0 bridgehead atoms. The van der Waals surface area contributed by atoms with E-state index in [1.807, 2.05) is 6.26 Å². The van der Waals surface area contributed by atoms with Crippen LogP contribution in [0, 0.1) is 0 Å². The topological polar surface area (TPSA) is 28.4 Å². The van der Waals surface area contributed by atoms with E-state index in [1.165, 1.54) is 29.7 Å². The van der Waals surface area contributed by atoms with Crippen LogP contribution in [0.3, 0.4) is 0 Å². The minimum Gasteiger partial charge on any atom is -0.469 e. The molecule has 1 aromatic heterocycles. The quantitative estimate of drug-likeness (QED) is 0.917. The number of hydrogen-bond donors (Lipinski definition) is 1. The molecular weight excluding hydrogens is 260 g/mol. The van der Waals surface area contributed by atoms with Crippen molar-refractivity contribution in [2.45, 2.75) is 38.3 Å². The molecule has 0 saturated heterocycles. The average Bonchev–Trinajstić information content (AvgIpc) is 2.97. The second-order valence-corrected chi connectivity index (χ2v) is 6.12. The number of nitrogens with one attached hydrogen (secondary N) is 1. The predicted octanol–water partition coefficient (Wildman–Crippen LogP) is 4.07. The molecule has 0 spiro atoms. The number of rotatable bonds is 4. The van der Waals surface area contributed by atoms with Gasteiger partial charge in [-0.15, -0.1) is 0 Å². The summed E-state index contributed by atoms with van der Waals surface area (Å²) in [7, 11) is 4.14. The van der Waals surface area contributed by atoms with E-state index in [9.17, 15) is 0 Å². The number of hydrogen-bond acceptors (Lipinski definition) is 3. The molecule has 21 heavy (non-hydrogen) atoms. The van der Waals surface area contributed by atoms with Gasteiger partial charge in [-0.25, -0.2) is 0 Å². The molecule has 2 aromatic rings. The minimum absolute atomic E-state index is 0.340. The lowest BCUT2D eigenvalue weighted by atomic mass is 9.92. The molecule has 1 N–H and O–H groups in total. The molecule has 0 aliphatic heterocycles. The summed E-state index contributed by atoms with van der Waals surface area (Å²) in [5.41, 5.74) is 3.91. The summed E-state index contributed by atoms with van der Waals surface area (Å²) < 4.78 is 5.57. The normalized spacial score (nSPS) is 19.1. The van der Waals surface area contributed by atoms with Gasteiger partial charge < -0.3 is 14.6 Å². The van der Waals surface area contributed by atoms with E-state index in [1.54, 1.807) is 0 Å². The monoisotopic (exact) mass is 284 g/mol. The van der Waals surface area contributed by atoms with Gasteiger partial charge in [0.1, 0.15) is 5.76 Å². The lowest BCUT2D eigenvalue weighted by Gasteiger charge is -2.27. The maximum absolute atomic E-state index is 5.57. The van der Waals surface area contributed by atoms with Crippen molar-refractivity contribution in [2.75, 3.05) is 19.0 Å². The zero-order valence-electron chi connectivity index (χ0n) is 13.1. The van der Waals surface area contributed by atoms with Crippen LogP contribution in [-0.4, -0.2) is 14.1 Å². The Hall–Kier alpha value is -1.74. The summed E-state index contributed by atoms with van der Waals surface area (Å²) in [6, 6.07) is 11.7. The first-order valence-electron chi connectivity index (χ1n) is 7.75. The fraction of sp³-hybridized carbons (Fsp3) is 0.444. The largest absolute Gasteiger partial charge is 0.469 e. The predicted molar refractivity (Wildman–Crippen MR) is 86.7 cm³/mol. The Kier molecular flexibility index (Phi) is 4.02. The van der Waals surface area contributed by atoms with Gasteiger partial charge in [0.15, 0.2) is 0 Å². The maximum atomic E-state index is 5.57. The van der Waals surface area contributed by atoms with Gasteiger partial charge in [-0.2, -0.15) is 0 Å². The highest BCUT2D eigenvalue weighted by Gasteiger charge is 2.23. The summed E-state index contributed by atoms with van der Waals surface area (Å²) in [5.74, 6) is 1.16. The van der Waals surface area contributed by atoms with Gasteiger partial charge in [-0.05, 0) is 43.5 Å². The SMILES string of the molecule is CC(NC1CCCc2occc21)c1ccc(N(C)C)cc1. The van der Waals surface area contributed by atoms with Crippen molar-refractivity contribution in [1.82, 2.24) is 5.32 Å². The molecule has 1 aliphatic rings. The third kappa shape index (κ3) is 2.98. The number of nitrogens with zero attached hydrogens (tertiary/aromatic N) is 1. The van der Waals surface area contributed by atoms with Crippen LogP contribution in [-0.2, 0) is 6.42 Å². The van der Waals surface area contributed by atoms with Crippen molar-refractivity contribution in [3.63, 3.8) is 0 Å². The fourth-order valence-electron chi connectivity index (χ4n) is 3.12. The molecule has 3 rings (SSSR count). The van der Waals surface area contributed by atoms with Gasteiger partial charge in [0.05, 0.1) is 6.26 Å². The van der Waals surface area contributed by atoms with Crippen molar-refractivity contribution >= 4 is 5.69 Å². The molecular formula is C18H24N2O. The first-order valence-corrected chi connectivity index (χ1v) is 7.75. The highest BCUT2D eigenvalue weighted by atomic mass is 16.3. The molecule has 3 nitrogen and oxygen atoms in total. The highest BCUT2D eigenvalue weighted by molar-refractivity contribution is 5.46. The summed E-state index contributed by atoms with van der Waals surface area (Å²) in [6.45, 7) is 2.24. The van der Waals surface area contributed by atoms with E-state index in [-0.39, 0.29) is 0 Å². The number of anilines is 1. The maximum Gasteiger partial charge on any atom is 0.108 e. The lowest BCUT2D eigenvalue weighted by Crippen LogP contribution is -2.27. The van der Waals surface area contributed by atoms with Crippen LogP contribution in [0.15, 0.2) is 41.0 Å². The van der Waals surface area contributed by atoms with Crippen LogP contribution < -0.4 is 10.2 Å². The molecule has 1 aromatic carbocycles. The van der Waals surface area contributed by atoms with E-state index in [4.69, 9.17) is 4.42 Å². The molecule has 0 radical (unpaired) electrons. The molecule has 112 valence electrons. The molecule has 2 atom stereocenters. The Bertz CT molecular complexity index is 586. The van der Waals surface area contributed by atoms with Crippen molar-refractivity contribution in [1.29, 1.82) is 0 Å². The van der Waals surface area contributed by atoms with E-state index in [0.29, 0.717) is 12.1 Å². The first-order chi connectivity index (χ1) is 10.1. The third-order valence-electron chi connectivity index (χ3n) is 4.41. The van der Waals surface area contributed by atoms with E-state index < -0.39 is 0 Å². The van der Waals surface area contributed by atoms with Crippen LogP contribution in [0.2, 0.25) is 0 Å². The third-order valence-corrected chi connectivity index (χ3v) is 4.41. The zero-order chi connectivity index (χ0) is 14.8. The van der Waals surface area contributed by atoms with Crippen LogP contribution >= 0.6 is 0 Å². The Labute approximate surface area is 127 Å². The van der Waals surface area contributed by atoms with E-state index in [0.717, 1.165) is 12.2 Å². The summed E-state index contributed by atoms with van der Waals surface area (Å²) in [4.78, 5) is 2.13. The Morgan fingerprint density at radius 2 is 1.95 bits per heavy atom.